The largest absolute Gasteiger partial charge is 0.348 e. The van der Waals surface area contributed by atoms with Gasteiger partial charge in [-0.3, -0.25) is 9.11 Å². The molecule has 0 spiro atoms. The molecule has 0 aromatic carbocycles. The molecule has 150 valence electrons. The van der Waals surface area contributed by atoms with E-state index in [1.807, 2.05) is 13.8 Å². The first-order valence-electron chi connectivity index (χ1n) is 7.77. The van der Waals surface area contributed by atoms with E-state index in [-0.39, 0.29) is 0 Å². The predicted octanol–water partition coefficient (Wildman–Crippen LogP) is 1.32. The molecule has 26 heavy (non-hydrogen) atoms. The van der Waals surface area contributed by atoms with Crippen LogP contribution in [0, 0.1) is 13.8 Å². The first-order valence-corrected chi connectivity index (χ1v) is 11.0. The van der Waals surface area contributed by atoms with Crippen LogP contribution >= 0.6 is 0 Å². The van der Waals surface area contributed by atoms with E-state index >= 15 is 0 Å². The fourth-order valence-corrected chi connectivity index (χ4v) is 3.38. The SMILES string of the molecule is CCc1nc[nH]c1C.CCc1nc[nH]c1C.O=S(=O)(O)CCS(=O)(=O)O. The molecule has 0 saturated carbocycles. The van der Waals surface area contributed by atoms with Crippen LogP contribution in [0.3, 0.4) is 0 Å². The topological polar surface area (TPSA) is 166 Å². The molecule has 2 heterocycles. The molecule has 0 atom stereocenters. The molecule has 0 unspecified atom stereocenters. The number of nitrogens with one attached hydrogen (secondary N) is 2. The minimum Gasteiger partial charge on any atom is -0.348 e. The number of aromatic nitrogens is 4. The maximum atomic E-state index is 9.86. The van der Waals surface area contributed by atoms with E-state index in [0.717, 1.165) is 12.8 Å². The maximum Gasteiger partial charge on any atom is 0.265 e. The Labute approximate surface area is 154 Å². The first-order chi connectivity index (χ1) is 11.9. The summed E-state index contributed by atoms with van der Waals surface area (Å²) in [7, 11) is -8.59. The molecule has 4 N–H and O–H groups in total. The zero-order chi connectivity index (χ0) is 20.4. The summed E-state index contributed by atoms with van der Waals surface area (Å²) < 4.78 is 55.4. The van der Waals surface area contributed by atoms with Crippen molar-refractivity contribution in [2.75, 3.05) is 11.5 Å². The van der Waals surface area contributed by atoms with E-state index in [9.17, 15) is 16.8 Å². The van der Waals surface area contributed by atoms with Crippen LogP contribution in [-0.2, 0) is 33.1 Å². The third-order valence-electron chi connectivity index (χ3n) is 3.14. The number of nitrogens with zero attached hydrogens (tertiary/aromatic N) is 2. The molecule has 0 radical (unpaired) electrons. The van der Waals surface area contributed by atoms with Crippen molar-refractivity contribution in [3.8, 4) is 0 Å². The van der Waals surface area contributed by atoms with Gasteiger partial charge in [-0.05, 0) is 26.7 Å². The van der Waals surface area contributed by atoms with Crippen molar-refractivity contribution in [2.45, 2.75) is 40.5 Å². The van der Waals surface area contributed by atoms with Crippen LogP contribution in [0.5, 0.6) is 0 Å². The number of imidazole rings is 2. The summed E-state index contributed by atoms with van der Waals surface area (Å²) in [5.74, 6) is -1.96. The summed E-state index contributed by atoms with van der Waals surface area (Å²) in [6, 6.07) is 0. The Morgan fingerprint density at radius 2 is 1.12 bits per heavy atom. The van der Waals surface area contributed by atoms with E-state index in [4.69, 9.17) is 9.11 Å². The van der Waals surface area contributed by atoms with Gasteiger partial charge in [0.2, 0.25) is 0 Å². The lowest BCUT2D eigenvalue weighted by Gasteiger charge is -1.92. The molecule has 0 aliphatic carbocycles. The minimum atomic E-state index is -4.30. The quantitative estimate of drug-likeness (QED) is 0.535. The van der Waals surface area contributed by atoms with Crippen molar-refractivity contribution in [3.05, 3.63) is 35.4 Å². The molecule has 2 aromatic rings. The van der Waals surface area contributed by atoms with Crippen LogP contribution in [-0.4, -0.2) is 57.4 Å². The van der Waals surface area contributed by atoms with Gasteiger partial charge in [0.1, 0.15) is 0 Å². The van der Waals surface area contributed by atoms with Crippen molar-refractivity contribution in [2.24, 2.45) is 0 Å². The Balaban J connectivity index is 0.000000363. The van der Waals surface area contributed by atoms with Gasteiger partial charge in [-0.2, -0.15) is 16.8 Å². The number of aromatic amines is 2. The standard InChI is InChI=1S/2C6H10N2.C2H6O6S2/c2*1-3-6-5(2)7-4-8-6;3-9(4,5)1-2-10(6,7)8/h2*4H,3H2,1-2H3,(H,7,8);1-2H2,(H,3,4,5)(H,6,7,8). The molecule has 2 rings (SSSR count). The fraction of sp³-hybridized carbons (Fsp3) is 0.571. The van der Waals surface area contributed by atoms with Crippen LogP contribution in [0.2, 0.25) is 0 Å². The molecule has 0 aliphatic heterocycles. The normalized spacial score (nSPS) is 11.2. The Morgan fingerprint density at radius 3 is 1.23 bits per heavy atom. The van der Waals surface area contributed by atoms with Gasteiger partial charge >= 0.3 is 0 Å². The van der Waals surface area contributed by atoms with Gasteiger partial charge in [-0.15, -0.1) is 0 Å². The van der Waals surface area contributed by atoms with Gasteiger partial charge in [0.05, 0.1) is 35.5 Å². The van der Waals surface area contributed by atoms with Crippen molar-refractivity contribution in [1.29, 1.82) is 0 Å². The highest BCUT2D eigenvalue weighted by Crippen LogP contribution is 1.99. The lowest BCUT2D eigenvalue weighted by molar-refractivity contribution is 0.472. The number of rotatable bonds is 5. The fourth-order valence-electron chi connectivity index (χ4n) is 1.70. The van der Waals surface area contributed by atoms with E-state index in [2.05, 4.69) is 33.8 Å². The Hall–Kier alpha value is -1.76. The predicted molar refractivity (Wildman–Crippen MR) is 98.2 cm³/mol. The molecule has 12 heteroatoms. The van der Waals surface area contributed by atoms with E-state index in [1.54, 1.807) is 12.7 Å². The van der Waals surface area contributed by atoms with Crippen LogP contribution in [0.15, 0.2) is 12.7 Å². The minimum absolute atomic E-state index is 0.980. The average Bonchev–Trinajstić information content (AvgIpc) is 3.13. The van der Waals surface area contributed by atoms with E-state index in [1.165, 1.54) is 22.8 Å². The average molecular weight is 411 g/mol. The lowest BCUT2D eigenvalue weighted by Crippen LogP contribution is -2.15. The molecule has 0 saturated heterocycles. The number of H-pyrrole nitrogens is 2. The molecule has 0 bridgehead atoms. The van der Waals surface area contributed by atoms with Crippen molar-refractivity contribution >= 4 is 20.2 Å². The first kappa shape index (κ1) is 24.2. The summed E-state index contributed by atoms with van der Waals surface area (Å²) in [5.41, 5.74) is 4.72. The van der Waals surface area contributed by atoms with Gasteiger partial charge in [-0.1, -0.05) is 13.8 Å². The van der Waals surface area contributed by atoms with Crippen molar-refractivity contribution in [3.63, 3.8) is 0 Å². The van der Waals surface area contributed by atoms with Crippen LogP contribution < -0.4 is 0 Å². The van der Waals surface area contributed by atoms with Gasteiger partial charge in [-0.25, -0.2) is 9.97 Å². The second kappa shape index (κ2) is 11.1. The number of aryl methyl sites for hydroxylation is 4. The van der Waals surface area contributed by atoms with Gasteiger partial charge in [0.15, 0.2) is 0 Å². The summed E-state index contributed by atoms with van der Waals surface area (Å²) in [5, 5.41) is 0. The smallest absolute Gasteiger partial charge is 0.265 e. The third-order valence-corrected chi connectivity index (χ3v) is 4.84. The molecule has 10 nitrogen and oxygen atoms in total. The Morgan fingerprint density at radius 1 is 0.808 bits per heavy atom. The molecular formula is C14H26N4O6S2. The summed E-state index contributed by atoms with van der Waals surface area (Å²) in [6.07, 6.45) is 5.51. The number of hydrogen-bond donors (Lipinski definition) is 4. The second-order valence-corrected chi connectivity index (χ2v) is 8.37. The van der Waals surface area contributed by atoms with Gasteiger partial charge in [0.25, 0.3) is 20.2 Å². The zero-order valence-corrected chi connectivity index (χ0v) is 16.9. The van der Waals surface area contributed by atoms with E-state index in [0.29, 0.717) is 0 Å². The monoisotopic (exact) mass is 410 g/mol. The molecule has 0 amide bonds. The summed E-state index contributed by atoms with van der Waals surface area (Å²) in [4.78, 5) is 14.2. The lowest BCUT2D eigenvalue weighted by atomic mass is 10.3. The maximum absolute atomic E-state index is 9.86. The van der Waals surface area contributed by atoms with Crippen LogP contribution in [0.25, 0.3) is 0 Å². The summed E-state index contributed by atoms with van der Waals surface area (Å²) in [6.45, 7) is 8.27. The zero-order valence-electron chi connectivity index (χ0n) is 15.2. The highest BCUT2D eigenvalue weighted by Gasteiger charge is 2.11. The third kappa shape index (κ3) is 11.7. The Bertz CT molecular complexity index is 783. The van der Waals surface area contributed by atoms with E-state index < -0.39 is 31.7 Å². The van der Waals surface area contributed by atoms with Gasteiger partial charge in [0, 0.05) is 11.4 Å². The number of hydrogen-bond acceptors (Lipinski definition) is 6. The highest BCUT2D eigenvalue weighted by molar-refractivity contribution is 7.89. The van der Waals surface area contributed by atoms with Gasteiger partial charge < -0.3 is 9.97 Å². The molecule has 0 fully saturated rings. The van der Waals surface area contributed by atoms with Crippen molar-refractivity contribution in [1.82, 2.24) is 19.9 Å². The molecule has 0 aliphatic rings. The second-order valence-electron chi connectivity index (χ2n) is 5.23. The van der Waals surface area contributed by atoms with Crippen LogP contribution in [0.1, 0.15) is 36.6 Å². The molecule has 2 aromatic heterocycles. The Kier molecular flexibility index (Phi) is 10.3. The van der Waals surface area contributed by atoms with Crippen LogP contribution in [0.4, 0.5) is 0 Å². The van der Waals surface area contributed by atoms with Crippen molar-refractivity contribution < 1.29 is 25.9 Å². The highest BCUT2D eigenvalue weighted by atomic mass is 32.2. The molecular weight excluding hydrogens is 384 g/mol. The summed E-state index contributed by atoms with van der Waals surface area (Å²) >= 11 is 0.